The van der Waals surface area contributed by atoms with Crippen molar-refractivity contribution >= 4 is 27.3 Å². The lowest BCUT2D eigenvalue weighted by molar-refractivity contribution is 0.0602. The van der Waals surface area contributed by atoms with Crippen molar-refractivity contribution in [3.8, 4) is 0 Å². The van der Waals surface area contributed by atoms with E-state index in [1.165, 1.54) is 18.6 Å². The topological polar surface area (TPSA) is 98.5 Å². The molecule has 0 bridgehead atoms. The van der Waals surface area contributed by atoms with Crippen LogP contribution in [-0.4, -0.2) is 34.1 Å². The molecule has 0 aliphatic rings. The lowest BCUT2D eigenvalue weighted by atomic mass is 10.4. The smallest absolute Gasteiger partial charge is 0.349 e. The fourth-order valence-electron chi connectivity index (χ4n) is 1.13. The molecule has 0 saturated heterocycles. The molecule has 0 aliphatic heterocycles. The molecule has 0 amide bonds. The molecule has 6 nitrogen and oxygen atoms in total. The average molecular weight is 278 g/mol. The maximum absolute atomic E-state index is 11.9. The van der Waals surface area contributed by atoms with Gasteiger partial charge in [-0.15, -0.1) is 11.3 Å². The summed E-state index contributed by atoms with van der Waals surface area (Å²) in [6, 6.07) is 0.966. The number of ether oxygens (including phenoxy) is 1. The number of esters is 1. The monoisotopic (exact) mass is 278 g/mol. The Morgan fingerprint density at radius 2 is 2.29 bits per heavy atom. The van der Waals surface area contributed by atoms with Crippen molar-refractivity contribution in [3.05, 3.63) is 16.3 Å². The van der Waals surface area contributed by atoms with Crippen LogP contribution < -0.4 is 10.5 Å². The Labute approximate surface area is 104 Å². The van der Waals surface area contributed by atoms with Crippen LogP contribution in [0.15, 0.2) is 16.3 Å². The van der Waals surface area contributed by atoms with E-state index in [1.807, 2.05) is 0 Å². The third-order valence-corrected chi connectivity index (χ3v) is 4.65. The molecule has 0 aliphatic carbocycles. The minimum Gasteiger partial charge on any atom is -0.465 e. The second-order valence-corrected chi connectivity index (χ2v) is 5.96. The molecular weight excluding hydrogens is 264 g/mol. The first-order chi connectivity index (χ1) is 7.92. The molecule has 0 saturated carbocycles. The molecule has 1 rings (SSSR count). The van der Waals surface area contributed by atoms with Crippen LogP contribution in [0.3, 0.4) is 0 Å². The highest BCUT2D eigenvalue weighted by atomic mass is 32.2. The van der Waals surface area contributed by atoms with Gasteiger partial charge in [0.15, 0.2) is 0 Å². The maximum atomic E-state index is 11.9. The van der Waals surface area contributed by atoms with Crippen LogP contribution in [-0.2, 0) is 14.8 Å². The summed E-state index contributed by atoms with van der Waals surface area (Å²) in [5.41, 5.74) is 5.34. The van der Waals surface area contributed by atoms with Crippen molar-refractivity contribution in [2.75, 3.05) is 13.7 Å². The van der Waals surface area contributed by atoms with Gasteiger partial charge in [0, 0.05) is 12.6 Å². The van der Waals surface area contributed by atoms with E-state index in [4.69, 9.17) is 5.73 Å². The van der Waals surface area contributed by atoms with Crippen LogP contribution in [0.1, 0.15) is 16.6 Å². The van der Waals surface area contributed by atoms with Gasteiger partial charge in [0.1, 0.15) is 9.77 Å². The first kappa shape index (κ1) is 14.1. The first-order valence-corrected chi connectivity index (χ1v) is 7.17. The molecule has 3 N–H and O–H groups in total. The van der Waals surface area contributed by atoms with Crippen LogP contribution in [0, 0.1) is 0 Å². The Balaban J connectivity index is 3.08. The molecule has 8 heteroatoms. The second kappa shape index (κ2) is 5.58. The Morgan fingerprint density at radius 1 is 1.65 bits per heavy atom. The van der Waals surface area contributed by atoms with Crippen molar-refractivity contribution < 1.29 is 17.9 Å². The van der Waals surface area contributed by atoms with Crippen LogP contribution in [0.25, 0.3) is 0 Å². The number of nitrogens with two attached hydrogens (primary N) is 1. The molecule has 0 spiro atoms. The first-order valence-electron chi connectivity index (χ1n) is 4.80. The third kappa shape index (κ3) is 3.25. The van der Waals surface area contributed by atoms with E-state index in [2.05, 4.69) is 9.46 Å². The van der Waals surface area contributed by atoms with Gasteiger partial charge in [0.2, 0.25) is 10.0 Å². The normalized spacial score (nSPS) is 13.4. The molecule has 0 fully saturated rings. The number of nitrogens with one attached hydrogen (secondary N) is 1. The number of methoxy groups -OCH3 is 1. The third-order valence-electron chi connectivity index (χ3n) is 2.00. The highest BCUT2D eigenvalue weighted by Crippen LogP contribution is 2.22. The fourth-order valence-corrected chi connectivity index (χ4v) is 3.72. The Bertz CT molecular complexity index is 495. The number of carbonyl (C=O) groups is 1. The van der Waals surface area contributed by atoms with Gasteiger partial charge in [-0.2, -0.15) is 0 Å². The van der Waals surface area contributed by atoms with E-state index in [0.717, 1.165) is 11.3 Å². The van der Waals surface area contributed by atoms with Gasteiger partial charge in [0.25, 0.3) is 0 Å². The molecular formula is C9H14N2O4S2. The molecule has 17 heavy (non-hydrogen) atoms. The minimum absolute atomic E-state index is 0.0595. The maximum Gasteiger partial charge on any atom is 0.349 e. The number of carbonyl (C=O) groups excluding carboxylic acids is 1. The fraction of sp³-hybridized carbons (Fsp3) is 0.444. The predicted molar refractivity (Wildman–Crippen MR) is 64.5 cm³/mol. The molecule has 96 valence electrons. The predicted octanol–water partition coefficient (Wildman–Crippen LogP) is 0.160. The number of sulfonamides is 1. The number of hydrogen-bond donors (Lipinski definition) is 2. The second-order valence-electron chi connectivity index (χ2n) is 3.36. The number of rotatable bonds is 5. The largest absolute Gasteiger partial charge is 0.465 e. The number of hydrogen-bond acceptors (Lipinski definition) is 6. The van der Waals surface area contributed by atoms with Gasteiger partial charge in [-0.3, -0.25) is 0 Å². The Hall–Kier alpha value is -0.960. The molecule has 1 heterocycles. The summed E-state index contributed by atoms with van der Waals surface area (Å²) >= 11 is 1.02. The highest BCUT2D eigenvalue weighted by Gasteiger charge is 2.25. The van der Waals surface area contributed by atoms with E-state index < -0.39 is 22.0 Å². The van der Waals surface area contributed by atoms with Gasteiger partial charge in [-0.1, -0.05) is 0 Å². The van der Waals surface area contributed by atoms with E-state index in [9.17, 15) is 13.2 Å². The summed E-state index contributed by atoms with van der Waals surface area (Å²) in [5.74, 6) is -0.666. The Morgan fingerprint density at radius 3 is 2.82 bits per heavy atom. The SMILES string of the molecule is COC(=O)c1sccc1S(=O)(=O)N[C@@H](C)CN. The van der Waals surface area contributed by atoms with Crippen molar-refractivity contribution in [1.82, 2.24) is 4.72 Å². The molecule has 0 radical (unpaired) electrons. The van der Waals surface area contributed by atoms with Crippen molar-refractivity contribution in [3.63, 3.8) is 0 Å². The summed E-state index contributed by atoms with van der Waals surface area (Å²) < 4.78 is 30.8. The summed E-state index contributed by atoms with van der Waals surface area (Å²) in [5, 5.41) is 1.52. The van der Waals surface area contributed by atoms with Crippen LogP contribution in [0.2, 0.25) is 0 Å². The van der Waals surface area contributed by atoms with E-state index >= 15 is 0 Å². The van der Waals surface area contributed by atoms with Gasteiger partial charge in [-0.05, 0) is 18.4 Å². The van der Waals surface area contributed by atoms with Gasteiger partial charge < -0.3 is 10.5 Å². The lowest BCUT2D eigenvalue weighted by Gasteiger charge is -2.11. The summed E-state index contributed by atoms with van der Waals surface area (Å²) in [6.07, 6.45) is 0. The van der Waals surface area contributed by atoms with Crippen LogP contribution in [0.4, 0.5) is 0 Å². The van der Waals surface area contributed by atoms with E-state index in [-0.39, 0.29) is 16.3 Å². The Kier molecular flexibility index (Phi) is 4.63. The molecule has 1 aromatic rings. The van der Waals surface area contributed by atoms with Crippen molar-refractivity contribution in [2.24, 2.45) is 5.73 Å². The van der Waals surface area contributed by atoms with E-state index in [1.54, 1.807) is 6.92 Å². The number of thiophene rings is 1. The van der Waals surface area contributed by atoms with Gasteiger partial charge in [-0.25, -0.2) is 17.9 Å². The zero-order valence-electron chi connectivity index (χ0n) is 9.47. The van der Waals surface area contributed by atoms with Crippen LogP contribution >= 0.6 is 11.3 Å². The summed E-state index contributed by atoms with van der Waals surface area (Å²) in [7, 11) is -2.53. The standard InChI is InChI=1S/C9H14N2O4S2/c1-6(5-10)11-17(13,14)7-3-4-16-8(7)9(12)15-2/h3-4,6,11H,5,10H2,1-2H3/t6-/m0/s1. The lowest BCUT2D eigenvalue weighted by Crippen LogP contribution is -2.38. The van der Waals surface area contributed by atoms with Crippen molar-refractivity contribution in [1.29, 1.82) is 0 Å². The highest BCUT2D eigenvalue weighted by molar-refractivity contribution is 7.89. The zero-order chi connectivity index (χ0) is 13.1. The summed E-state index contributed by atoms with van der Waals surface area (Å²) in [4.78, 5) is 11.4. The van der Waals surface area contributed by atoms with Crippen molar-refractivity contribution in [2.45, 2.75) is 17.9 Å². The van der Waals surface area contributed by atoms with Gasteiger partial charge in [0.05, 0.1) is 7.11 Å². The van der Waals surface area contributed by atoms with Crippen LogP contribution in [0.5, 0.6) is 0 Å². The minimum atomic E-state index is -3.73. The van der Waals surface area contributed by atoms with E-state index in [0.29, 0.717) is 0 Å². The molecule has 0 unspecified atom stereocenters. The van der Waals surface area contributed by atoms with Gasteiger partial charge >= 0.3 is 5.97 Å². The summed E-state index contributed by atoms with van der Waals surface area (Å²) in [6.45, 7) is 1.82. The molecule has 1 aromatic heterocycles. The average Bonchev–Trinajstić information content (AvgIpc) is 2.76. The zero-order valence-corrected chi connectivity index (χ0v) is 11.1. The quantitative estimate of drug-likeness (QED) is 0.748. The molecule has 1 atom stereocenters. The molecule has 0 aromatic carbocycles.